The van der Waals surface area contributed by atoms with Crippen molar-refractivity contribution < 1.29 is 8.42 Å². The lowest BCUT2D eigenvalue weighted by molar-refractivity contribution is 0.620. The van der Waals surface area contributed by atoms with Crippen molar-refractivity contribution in [1.82, 2.24) is 4.98 Å². The third-order valence-corrected chi connectivity index (χ3v) is 2.72. The summed E-state index contributed by atoms with van der Waals surface area (Å²) >= 11 is 0. The van der Waals surface area contributed by atoms with Crippen LogP contribution < -0.4 is 0 Å². The second-order valence-electron chi connectivity index (χ2n) is 3.98. The summed E-state index contributed by atoms with van der Waals surface area (Å²) in [6.07, 6.45) is 1.84. The number of fused-ring (bicyclic) bond motifs is 1. The number of hydrogen-bond donors (Lipinski definition) is 1. The SMILES string of the molecule is N=S(=O)=O.c1ccc(-c2cccc3cccnc23)cc1. The zero-order valence-electron chi connectivity index (χ0n) is 10.5. The average Bonchev–Trinajstić information content (AvgIpc) is 2.47. The molecule has 0 atom stereocenters. The van der Waals surface area contributed by atoms with Crippen LogP contribution in [0.2, 0.25) is 0 Å². The molecule has 0 unspecified atom stereocenters. The van der Waals surface area contributed by atoms with Crippen LogP contribution in [0.5, 0.6) is 0 Å². The molecule has 0 saturated heterocycles. The molecule has 3 rings (SSSR count). The number of aromatic nitrogens is 1. The first-order valence-electron chi connectivity index (χ1n) is 5.88. The third-order valence-electron chi connectivity index (χ3n) is 2.72. The normalized spacial score (nSPS) is 9.60. The van der Waals surface area contributed by atoms with Crippen LogP contribution in [0.3, 0.4) is 0 Å². The van der Waals surface area contributed by atoms with Gasteiger partial charge < -0.3 is 0 Å². The van der Waals surface area contributed by atoms with E-state index in [0.717, 1.165) is 5.52 Å². The van der Waals surface area contributed by atoms with Crippen LogP contribution in [0.1, 0.15) is 0 Å². The van der Waals surface area contributed by atoms with Gasteiger partial charge in [-0.25, -0.2) is 0 Å². The van der Waals surface area contributed by atoms with Crippen molar-refractivity contribution in [1.29, 1.82) is 4.78 Å². The molecule has 1 N–H and O–H groups in total. The molecule has 0 bridgehead atoms. The van der Waals surface area contributed by atoms with Crippen molar-refractivity contribution >= 4 is 21.4 Å². The third kappa shape index (κ3) is 3.49. The highest BCUT2D eigenvalue weighted by molar-refractivity contribution is 7.60. The monoisotopic (exact) mass is 284 g/mol. The summed E-state index contributed by atoms with van der Waals surface area (Å²) in [7, 11) is -2.61. The zero-order chi connectivity index (χ0) is 14.4. The van der Waals surface area contributed by atoms with Gasteiger partial charge in [0.25, 0.3) is 0 Å². The molecule has 0 spiro atoms. The average molecular weight is 284 g/mol. The number of nitrogens with zero attached hydrogens (tertiary/aromatic N) is 1. The predicted octanol–water partition coefficient (Wildman–Crippen LogP) is 3.53. The summed E-state index contributed by atoms with van der Waals surface area (Å²) < 4.78 is 22.8. The molecular formula is C15H12N2O2S. The van der Waals surface area contributed by atoms with E-state index in [-0.39, 0.29) is 0 Å². The molecule has 2 aromatic carbocycles. The topological polar surface area (TPSA) is 70.9 Å². The Morgan fingerprint density at radius 1 is 0.850 bits per heavy atom. The Bertz CT molecular complexity index is 804. The molecule has 1 aromatic heterocycles. The van der Waals surface area contributed by atoms with Crippen LogP contribution in [-0.2, 0) is 10.5 Å². The molecule has 20 heavy (non-hydrogen) atoms. The highest BCUT2D eigenvalue weighted by Gasteiger charge is 2.02. The standard InChI is InChI=1S/C15H11N.HNO2S/c1-2-6-12(7-3-1)14-10-4-8-13-9-5-11-16-15(13)14;1-4(2)3/h1-11H;1H. The Labute approximate surface area is 118 Å². The molecule has 0 aliphatic carbocycles. The molecule has 0 amide bonds. The highest BCUT2D eigenvalue weighted by atomic mass is 32.2. The van der Waals surface area contributed by atoms with Gasteiger partial charge in [-0.1, -0.05) is 54.6 Å². The molecule has 0 aliphatic heterocycles. The van der Waals surface area contributed by atoms with Crippen LogP contribution in [0.4, 0.5) is 0 Å². The highest BCUT2D eigenvalue weighted by Crippen LogP contribution is 2.26. The summed E-state index contributed by atoms with van der Waals surface area (Å²) in [6, 6.07) is 20.7. The Morgan fingerprint density at radius 3 is 2.20 bits per heavy atom. The van der Waals surface area contributed by atoms with Crippen LogP contribution in [0.15, 0.2) is 66.9 Å². The van der Waals surface area contributed by atoms with E-state index in [4.69, 9.17) is 13.2 Å². The number of rotatable bonds is 1. The predicted molar refractivity (Wildman–Crippen MR) is 78.8 cm³/mol. The lowest BCUT2D eigenvalue weighted by Crippen LogP contribution is -1.83. The zero-order valence-corrected chi connectivity index (χ0v) is 11.3. The van der Waals surface area contributed by atoms with Gasteiger partial charge in [0.2, 0.25) is 0 Å². The van der Waals surface area contributed by atoms with Gasteiger partial charge in [0, 0.05) is 17.1 Å². The molecule has 4 nitrogen and oxygen atoms in total. The van der Waals surface area contributed by atoms with Crippen LogP contribution in [0.25, 0.3) is 22.0 Å². The van der Waals surface area contributed by atoms with Gasteiger partial charge in [0.1, 0.15) is 0 Å². The van der Waals surface area contributed by atoms with Crippen molar-refractivity contribution in [2.75, 3.05) is 0 Å². The van der Waals surface area contributed by atoms with Gasteiger partial charge in [-0.2, -0.15) is 13.2 Å². The van der Waals surface area contributed by atoms with Crippen molar-refractivity contribution in [2.24, 2.45) is 0 Å². The van der Waals surface area contributed by atoms with Crippen LogP contribution in [0, 0.1) is 4.78 Å². The van der Waals surface area contributed by atoms with E-state index in [9.17, 15) is 0 Å². The Morgan fingerprint density at radius 2 is 1.50 bits per heavy atom. The maximum absolute atomic E-state index is 8.67. The molecule has 0 fully saturated rings. The summed E-state index contributed by atoms with van der Waals surface area (Å²) in [5, 5.41) is 1.18. The number of benzene rings is 2. The smallest absolute Gasteiger partial charge is 0.256 e. The van der Waals surface area contributed by atoms with Crippen molar-refractivity contribution in [2.45, 2.75) is 0 Å². The van der Waals surface area contributed by atoms with Gasteiger partial charge in [0.05, 0.1) is 5.52 Å². The second-order valence-corrected chi connectivity index (χ2v) is 4.45. The van der Waals surface area contributed by atoms with E-state index in [0.29, 0.717) is 0 Å². The Balaban J connectivity index is 0.000000328. The fourth-order valence-electron chi connectivity index (χ4n) is 1.95. The lowest BCUT2D eigenvalue weighted by atomic mass is 10.0. The molecule has 0 saturated carbocycles. The van der Waals surface area contributed by atoms with E-state index in [1.165, 1.54) is 16.5 Å². The van der Waals surface area contributed by atoms with E-state index in [1.54, 1.807) is 0 Å². The van der Waals surface area contributed by atoms with E-state index in [1.807, 2.05) is 18.3 Å². The maximum atomic E-state index is 8.67. The number of pyridine rings is 1. The van der Waals surface area contributed by atoms with Gasteiger partial charge in [-0.05, 0) is 11.6 Å². The van der Waals surface area contributed by atoms with Gasteiger partial charge in [-0.15, -0.1) is 0 Å². The fourth-order valence-corrected chi connectivity index (χ4v) is 1.95. The van der Waals surface area contributed by atoms with Gasteiger partial charge >= 0.3 is 10.5 Å². The minimum Gasteiger partial charge on any atom is -0.256 e. The molecule has 5 heteroatoms. The molecule has 100 valence electrons. The first kappa shape index (κ1) is 13.9. The summed E-state index contributed by atoms with van der Waals surface area (Å²) in [5.41, 5.74) is 3.47. The van der Waals surface area contributed by atoms with Crippen LogP contribution >= 0.6 is 0 Å². The van der Waals surface area contributed by atoms with Crippen molar-refractivity contribution in [3.8, 4) is 11.1 Å². The number of hydrogen-bond acceptors (Lipinski definition) is 4. The molecular weight excluding hydrogens is 272 g/mol. The number of para-hydroxylation sites is 1. The lowest BCUT2D eigenvalue weighted by Gasteiger charge is -2.05. The van der Waals surface area contributed by atoms with Crippen molar-refractivity contribution in [3.05, 3.63) is 66.9 Å². The van der Waals surface area contributed by atoms with Gasteiger partial charge in [0.15, 0.2) is 0 Å². The summed E-state index contributed by atoms with van der Waals surface area (Å²) in [5.74, 6) is 0. The first-order valence-corrected chi connectivity index (χ1v) is 6.95. The summed E-state index contributed by atoms with van der Waals surface area (Å²) in [6.45, 7) is 0. The van der Waals surface area contributed by atoms with E-state index >= 15 is 0 Å². The minimum atomic E-state index is -2.61. The Kier molecular flexibility index (Phi) is 4.57. The molecule has 3 aromatic rings. The minimum absolute atomic E-state index is 1.07. The van der Waals surface area contributed by atoms with Crippen LogP contribution in [-0.4, -0.2) is 13.4 Å². The quantitative estimate of drug-likeness (QED) is 0.743. The molecule has 0 radical (unpaired) electrons. The Hall–Kier alpha value is -2.53. The van der Waals surface area contributed by atoms with Gasteiger partial charge in [-0.3, -0.25) is 4.98 Å². The second kappa shape index (κ2) is 6.58. The number of nitrogens with one attached hydrogen (secondary N) is 1. The fraction of sp³-hybridized carbons (Fsp3) is 0. The van der Waals surface area contributed by atoms with Crippen molar-refractivity contribution in [3.63, 3.8) is 0 Å². The van der Waals surface area contributed by atoms with E-state index < -0.39 is 10.5 Å². The first-order chi connectivity index (χ1) is 9.68. The molecule has 1 heterocycles. The molecule has 0 aliphatic rings. The summed E-state index contributed by atoms with van der Waals surface area (Å²) in [4.78, 5) is 4.46. The maximum Gasteiger partial charge on any atom is 0.308 e. The van der Waals surface area contributed by atoms with E-state index in [2.05, 4.69) is 53.5 Å². The largest absolute Gasteiger partial charge is 0.308 e.